The third kappa shape index (κ3) is 3.43. The van der Waals surface area contributed by atoms with E-state index in [2.05, 4.69) is 31.4 Å². The van der Waals surface area contributed by atoms with E-state index in [1.165, 1.54) is 25.0 Å². The molecule has 2 nitrogen and oxygen atoms in total. The Morgan fingerprint density at radius 1 is 1.36 bits per heavy atom. The molecule has 0 spiro atoms. The molecule has 2 N–H and O–H groups in total. The summed E-state index contributed by atoms with van der Waals surface area (Å²) < 4.78 is 0. The summed E-state index contributed by atoms with van der Waals surface area (Å²) in [5.74, 6) is 0.854. The van der Waals surface area contributed by atoms with Crippen molar-refractivity contribution in [3.63, 3.8) is 0 Å². The van der Waals surface area contributed by atoms with E-state index in [0.29, 0.717) is 0 Å². The highest BCUT2D eigenvalue weighted by atomic mass is 14.9. The smallest absolute Gasteiger partial charge is 0.0183 e. The molecule has 0 amide bonds. The highest BCUT2D eigenvalue weighted by Crippen LogP contribution is 2.09. The van der Waals surface area contributed by atoms with Crippen LogP contribution in [0.15, 0.2) is 11.1 Å². The van der Waals surface area contributed by atoms with Crippen molar-refractivity contribution in [1.29, 1.82) is 0 Å². The molecule has 1 rings (SSSR count). The second-order valence-corrected chi connectivity index (χ2v) is 4.30. The van der Waals surface area contributed by atoms with Gasteiger partial charge in [0.1, 0.15) is 0 Å². The van der Waals surface area contributed by atoms with Crippen molar-refractivity contribution in [2.75, 3.05) is 26.2 Å². The maximum absolute atomic E-state index is 3.55. The van der Waals surface area contributed by atoms with E-state index in [-0.39, 0.29) is 0 Å². The van der Waals surface area contributed by atoms with Crippen molar-refractivity contribution in [3.8, 4) is 0 Å². The van der Waals surface area contributed by atoms with Crippen LogP contribution in [0.3, 0.4) is 0 Å². The molecule has 0 aromatic heterocycles. The van der Waals surface area contributed by atoms with Crippen LogP contribution in [-0.4, -0.2) is 26.2 Å². The molecule has 0 aliphatic carbocycles. The lowest BCUT2D eigenvalue weighted by atomic mass is 10.0. The van der Waals surface area contributed by atoms with Crippen molar-refractivity contribution in [3.05, 3.63) is 11.1 Å². The lowest BCUT2D eigenvalue weighted by molar-refractivity contribution is 0.458. The molecule has 14 heavy (non-hydrogen) atoms. The average molecular weight is 196 g/mol. The highest BCUT2D eigenvalue weighted by Gasteiger charge is 2.10. The van der Waals surface area contributed by atoms with Gasteiger partial charge in [-0.25, -0.2) is 0 Å². The Morgan fingerprint density at radius 3 is 2.43 bits per heavy atom. The van der Waals surface area contributed by atoms with Crippen molar-refractivity contribution in [2.45, 2.75) is 33.6 Å². The first-order valence-electron chi connectivity index (χ1n) is 5.86. The largest absolute Gasteiger partial charge is 0.313 e. The van der Waals surface area contributed by atoms with Gasteiger partial charge in [0.05, 0.1) is 0 Å². The molecule has 2 heteroatoms. The van der Waals surface area contributed by atoms with Gasteiger partial charge in [-0.2, -0.15) is 0 Å². The van der Waals surface area contributed by atoms with E-state index in [1.54, 1.807) is 5.57 Å². The summed E-state index contributed by atoms with van der Waals surface area (Å²) in [5.41, 5.74) is 3.14. The summed E-state index contributed by atoms with van der Waals surface area (Å²) in [6.07, 6.45) is 2.58. The van der Waals surface area contributed by atoms with Gasteiger partial charge in [0.15, 0.2) is 0 Å². The van der Waals surface area contributed by atoms with Gasteiger partial charge in [0.25, 0.3) is 0 Å². The summed E-state index contributed by atoms with van der Waals surface area (Å²) in [6, 6.07) is 0. The standard InChI is InChI=1S/C12H24N2/c1-4-11(5-2)7-13-6-10(3)12-8-14-9-12/h11,13-14H,4-9H2,1-3H3. The summed E-state index contributed by atoms with van der Waals surface area (Å²) in [4.78, 5) is 0. The Morgan fingerprint density at radius 2 is 2.00 bits per heavy atom. The molecular weight excluding hydrogens is 172 g/mol. The fourth-order valence-electron chi connectivity index (χ4n) is 1.72. The Hall–Kier alpha value is -0.340. The predicted octanol–water partition coefficient (Wildman–Crippen LogP) is 1.93. The van der Waals surface area contributed by atoms with Crippen LogP contribution in [0.5, 0.6) is 0 Å². The summed E-state index contributed by atoms with van der Waals surface area (Å²) in [5, 5.41) is 6.83. The van der Waals surface area contributed by atoms with Crippen LogP contribution in [0.2, 0.25) is 0 Å². The Labute approximate surface area is 88.2 Å². The summed E-state index contributed by atoms with van der Waals surface area (Å²) in [6.45, 7) is 11.3. The lowest BCUT2D eigenvalue weighted by Crippen LogP contribution is -2.36. The third-order valence-corrected chi connectivity index (χ3v) is 3.26. The minimum atomic E-state index is 0.854. The maximum Gasteiger partial charge on any atom is 0.0183 e. The molecule has 0 unspecified atom stereocenters. The van der Waals surface area contributed by atoms with Crippen molar-refractivity contribution >= 4 is 0 Å². The zero-order valence-corrected chi connectivity index (χ0v) is 9.82. The average Bonchev–Trinajstić information content (AvgIpc) is 2.09. The molecule has 0 bridgehead atoms. The second kappa shape index (κ2) is 6.20. The molecule has 1 aliphatic rings. The third-order valence-electron chi connectivity index (χ3n) is 3.26. The van der Waals surface area contributed by atoms with Gasteiger partial charge in [0, 0.05) is 19.6 Å². The molecular formula is C12H24N2. The normalized spacial score (nSPS) is 15.9. The molecule has 0 saturated carbocycles. The molecule has 1 heterocycles. The zero-order valence-electron chi connectivity index (χ0n) is 9.82. The molecule has 1 aliphatic heterocycles. The molecule has 1 fully saturated rings. The van der Waals surface area contributed by atoms with Crippen LogP contribution in [-0.2, 0) is 0 Å². The monoisotopic (exact) mass is 196 g/mol. The highest BCUT2D eigenvalue weighted by molar-refractivity contribution is 5.22. The van der Waals surface area contributed by atoms with Gasteiger partial charge in [-0.3, -0.25) is 0 Å². The van der Waals surface area contributed by atoms with Crippen LogP contribution >= 0.6 is 0 Å². The molecule has 0 atom stereocenters. The molecule has 0 radical (unpaired) electrons. The summed E-state index contributed by atoms with van der Waals surface area (Å²) >= 11 is 0. The van der Waals surface area contributed by atoms with Gasteiger partial charge >= 0.3 is 0 Å². The Balaban J connectivity index is 2.14. The Kier molecular flexibility index (Phi) is 5.20. The number of nitrogens with one attached hydrogen (secondary N) is 2. The topological polar surface area (TPSA) is 24.1 Å². The van der Waals surface area contributed by atoms with Crippen molar-refractivity contribution < 1.29 is 0 Å². The lowest BCUT2D eigenvalue weighted by Gasteiger charge is -2.22. The van der Waals surface area contributed by atoms with Gasteiger partial charge in [0.2, 0.25) is 0 Å². The zero-order chi connectivity index (χ0) is 10.4. The van der Waals surface area contributed by atoms with E-state index < -0.39 is 0 Å². The second-order valence-electron chi connectivity index (χ2n) is 4.30. The van der Waals surface area contributed by atoms with E-state index >= 15 is 0 Å². The first-order valence-corrected chi connectivity index (χ1v) is 5.86. The fraction of sp³-hybridized carbons (Fsp3) is 0.833. The molecule has 0 aromatic rings. The summed E-state index contributed by atoms with van der Waals surface area (Å²) in [7, 11) is 0. The Bertz CT molecular complexity index is 186. The quantitative estimate of drug-likeness (QED) is 0.634. The van der Waals surface area contributed by atoms with Crippen LogP contribution in [0.4, 0.5) is 0 Å². The first-order chi connectivity index (χ1) is 6.77. The van der Waals surface area contributed by atoms with E-state index in [0.717, 1.165) is 25.6 Å². The molecule has 0 aromatic carbocycles. The van der Waals surface area contributed by atoms with Crippen LogP contribution in [0, 0.1) is 5.92 Å². The number of rotatable bonds is 6. The van der Waals surface area contributed by atoms with E-state index in [9.17, 15) is 0 Å². The predicted molar refractivity (Wildman–Crippen MR) is 62.5 cm³/mol. The first kappa shape index (κ1) is 11.7. The van der Waals surface area contributed by atoms with Gasteiger partial charge in [-0.15, -0.1) is 0 Å². The minimum Gasteiger partial charge on any atom is -0.313 e. The maximum atomic E-state index is 3.55. The van der Waals surface area contributed by atoms with Crippen molar-refractivity contribution in [1.82, 2.24) is 10.6 Å². The van der Waals surface area contributed by atoms with Crippen molar-refractivity contribution in [2.24, 2.45) is 5.92 Å². The van der Waals surface area contributed by atoms with Gasteiger partial charge in [-0.05, 0) is 25.0 Å². The van der Waals surface area contributed by atoms with Crippen LogP contribution in [0.1, 0.15) is 33.6 Å². The minimum absolute atomic E-state index is 0.854. The SMILES string of the molecule is CCC(CC)CNCC(C)=C1CNC1. The number of hydrogen-bond acceptors (Lipinski definition) is 2. The van der Waals surface area contributed by atoms with Crippen LogP contribution < -0.4 is 10.6 Å². The molecule has 1 saturated heterocycles. The van der Waals surface area contributed by atoms with Gasteiger partial charge < -0.3 is 10.6 Å². The molecule has 82 valence electrons. The van der Waals surface area contributed by atoms with E-state index in [4.69, 9.17) is 0 Å². The van der Waals surface area contributed by atoms with Crippen LogP contribution in [0.25, 0.3) is 0 Å². The fourth-order valence-corrected chi connectivity index (χ4v) is 1.72. The number of hydrogen-bond donors (Lipinski definition) is 2. The van der Waals surface area contributed by atoms with E-state index in [1.807, 2.05) is 0 Å². The van der Waals surface area contributed by atoms with Gasteiger partial charge in [-0.1, -0.05) is 32.3 Å².